The molecule has 1 N–H and O–H groups in total. The van der Waals surface area contributed by atoms with E-state index in [4.69, 9.17) is 9.47 Å². The third kappa shape index (κ3) is 4.72. The van der Waals surface area contributed by atoms with Crippen molar-refractivity contribution >= 4 is 17.7 Å². The molecule has 0 amide bonds. The highest BCUT2D eigenvalue weighted by Gasteiger charge is 2.20. The fraction of sp³-hybridized carbons (Fsp3) is 0.909. The van der Waals surface area contributed by atoms with Crippen molar-refractivity contribution in [2.75, 3.05) is 31.8 Å². The monoisotopic (exact) mass is 247 g/mol. The first-order chi connectivity index (χ1) is 7.77. The summed E-state index contributed by atoms with van der Waals surface area (Å²) in [4.78, 5) is 11.5. The molecule has 1 aliphatic rings. The lowest BCUT2D eigenvalue weighted by atomic mass is 10.3. The molecule has 1 saturated heterocycles. The summed E-state index contributed by atoms with van der Waals surface area (Å²) in [7, 11) is 1.79. The zero-order chi connectivity index (χ0) is 11.8. The van der Waals surface area contributed by atoms with Gasteiger partial charge >= 0.3 is 5.97 Å². The van der Waals surface area contributed by atoms with Crippen LogP contribution >= 0.6 is 11.8 Å². The van der Waals surface area contributed by atoms with Crippen LogP contribution in [0, 0.1) is 0 Å². The van der Waals surface area contributed by atoms with Crippen molar-refractivity contribution in [3.63, 3.8) is 0 Å². The van der Waals surface area contributed by atoms with Gasteiger partial charge in [-0.2, -0.15) is 11.8 Å². The molecular formula is C11H21NO3S. The van der Waals surface area contributed by atoms with Gasteiger partial charge in [0.15, 0.2) is 0 Å². The molecule has 1 fully saturated rings. The predicted octanol–water partition coefficient (Wildman–Crippen LogP) is 1.05. The Labute approximate surface area is 101 Å². The molecule has 94 valence electrons. The number of nitrogens with one attached hydrogen (secondary N) is 1. The molecule has 1 aliphatic heterocycles. The summed E-state index contributed by atoms with van der Waals surface area (Å²) in [5.41, 5.74) is 0. The van der Waals surface area contributed by atoms with Crippen molar-refractivity contribution in [2.45, 2.75) is 31.9 Å². The molecule has 2 unspecified atom stereocenters. The second kappa shape index (κ2) is 7.92. The maximum absolute atomic E-state index is 11.5. The highest BCUT2D eigenvalue weighted by Crippen LogP contribution is 2.17. The van der Waals surface area contributed by atoms with Gasteiger partial charge in [0.05, 0.1) is 12.7 Å². The van der Waals surface area contributed by atoms with Crippen LogP contribution in [-0.2, 0) is 14.3 Å². The first kappa shape index (κ1) is 13.8. The second-order valence-electron chi connectivity index (χ2n) is 3.77. The summed E-state index contributed by atoms with van der Waals surface area (Å²) in [5.74, 6) is 1.55. The number of hydrogen-bond acceptors (Lipinski definition) is 5. The molecule has 0 bridgehead atoms. The lowest BCUT2D eigenvalue weighted by molar-refractivity contribution is -0.144. The number of thioether (sulfide) groups is 1. The summed E-state index contributed by atoms with van der Waals surface area (Å²) < 4.78 is 10.5. The molecule has 0 aliphatic carbocycles. The summed E-state index contributed by atoms with van der Waals surface area (Å²) in [6.45, 7) is 3.15. The van der Waals surface area contributed by atoms with Crippen LogP contribution in [0.5, 0.6) is 0 Å². The van der Waals surface area contributed by atoms with Crippen molar-refractivity contribution in [1.82, 2.24) is 5.32 Å². The average Bonchev–Trinajstić information content (AvgIpc) is 2.77. The van der Waals surface area contributed by atoms with Crippen LogP contribution in [0.25, 0.3) is 0 Å². The van der Waals surface area contributed by atoms with Gasteiger partial charge in [-0.3, -0.25) is 4.79 Å². The SMILES string of the molecule is CCOC(=O)C(CSCC1CCCO1)NC. The first-order valence-corrected chi connectivity index (χ1v) is 6.96. The quantitative estimate of drug-likeness (QED) is 0.681. The van der Waals surface area contributed by atoms with Crippen molar-refractivity contribution in [3.05, 3.63) is 0 Å². The molecule has 5 heteroatoms. The van der Waals surface area contributed by atoms with Gasteiger partial charge < -0.3 is 14.8 Å². The Morgan fingerprint density at radius 3 is 3.06 bits per heavy atom. The van der Waals surface area contributed by atoms with Crippen LogP contribution in [0.15, 0.2) is 0 Å². The lowest BCUT2D eigenvalue weighted by Gasteiger charge is -2.15. The van der Waals surface area contributed by atoms with Crippen molar-refractivity contribution in [2.24, 2.45) is 0 Å². The standard InChI is InChI=1S/C11H21NO3S/c1-3-14-11(13)10(12-2)8-16-7-9-5-4-6-15-9/h9-10,12H,3-8H2,1-2H3. The zero-order valence-corrected chi connectivity index (χ0v) is 10.8. The summed E-state index contributed by atoms with van der Waals surface area (Å²) >= 11 is 1.75. The van der Waals surface area contributed by atoms with Crippen molar-refractivity contribution < 1.29 is 14.3 Å². The van der Waals surface area contributed by atoms with E-state index >= 15 is 0 Å². The number of likely N-dealkylation sites (N-methyl/N-ethyl adjacent to an activating group) is 1. The summed E-state index contributed by atoms with van der Waals surface area (Å²) in [6, 6.07) is -0.202. The number of carbonyl (C=O) groups is 1. The number of rotatable bonds is 7. The minimum Gasteiger partial charge on any atom is -0.465 e. The molecule has 0 spiro atoms. The smallest absolute Gasteiger partial charge is 0.323 e. The van der Waals surface area contributed by atoms with Crippen LogP contribution in [0.2, 0.25) is 0 Å². The Balaban J connectivity index is 2.14. The van der Waals surface area contributed by atoms with Gasteiger partial charge in [-0.25, -0.2) is 0 Å². The highest BCUT2D eigenvalue weighted by molar-refractivity contribution is 7.99. The fourth-order valence-corrected chi connectivity index (χ4v) is 2.81. The van der Waals surface area contributed by atoms with Crippen LogP contribution in [0.4, 0.5) is 0 Å². The molecule has 0 saturated carbocycles. The Bertz CT molecular complexity index is 207. The van der Waals surface area contributed by atoms with Gasteiger partial charge in [-0.05, 0) is 26.8 Å². The zero-order valence-electron chi connectivity index (χ0n) is 10.0. The van der Waals surface area contributed by atoms with E-state index in [2.05, 4.69) is 5.32 Å². The molecule has 0 radical (unpaired) electrons. The molecule has 2 atom stereocenters. The van der Waals surface area contributed by atoms with Gasteiger partial charge in [0, 0.05) is 18.1 Å². The molecular weight excluding hydrogens is 226 g/mol. The second-order valence-corrected chi connectivity index (χ2v) is 4.84. The number of carbonyl (C=O) groups excluding carboxylic acids is 1. The van der Waals surface area contributed by atoms with Gasteiger partial charge in [0.25, 0.3) is 0 Å². The molecule has 16 heavy (non-hydrogen) atoms. The van der Waals surface area contributed by atoms with Gasteiger partial charge in [0.2, 0.25) is 0 Å². The Kier molecular flexibility index (Phi) is 6.84. The van der Waals surface area contributed by atoms with Crippen molar-refractivity contribution in [1.29, 1.82) is 0 Å². The Morgan fingerprint density at radius 2 is 2.50 bits per heavy atom. The Morgan fingerprint density at radius 1 is 1.69 bits per heavy atom. The topological polar surface area (TPSA) is 47.6 Å². The van der Waals surface area contributed by atoms with E-state index < -0.39 is 0 Å². The molecule has 0 aromatic carbocycles. The summed E-state index contributed by atoms with van der Waals surface area (Å²) in [6.07, 6.45) is 2.69. The van der Waals surface area contributed by atoms with E-state index in [1.165, 1.54) is 6.42 Å². The minimum absolute atomic E-state index is 0.162. The van der Waals surface area contributed by atoms with Crippen LogP contribution in [0.1, 0.15) is 19.8 Å². The molecule has 0 aromatic heterocycles. The molecule has 4 nitrogen and oxygen atoms in total. The number of esters is 1. The van der Waals surface area contributed by atoms with Crippen LogP contribution in [0.3, 0.4) is 0 Å². The van der Waals surface area contributed by atoms with E-state index in [-0.39, 0.29) is 12.0 Å². The molecule has 1 rings (SSSR count). The largest absolute Gasteiger partial charge is 0.465 e. The van der Waals surface area contributed by atoms with E-state index in [1.54, 1.807) is 18.8 Å². The van der Waals surface area contributed by atoms with Gasteiger partial charge in [-0.15, -0.1) is 0 Å². The van der Waals surface area contributed by atoms with Gasteiger partial charge in [0.1, 0.15) is 6.04 Å². The third-order valence-corrected chi connectivity index (χ3v) is 3.71. The lowest BCUT2D eigenvalue weighted by Crippen LogP contribution is -2.38. The average molecular weight is 247 g/mol. The molecule has 0 aromatic rings. The van der Waals surface area contributed by atoms with Crippen LogP contribution in [-0.4, -0.2) is 49.9 Å². The maximum Gasteiger partial charge on any atom is 0.323 e. The van der Waals surface area contributed by atoms with E-state index in [0.717, 1.165) is 24.5 Å². The van der Waals surface area contributed by atoms with E-state index in [9.17, 15) is 4.79 Å². The molecule has 1 heterocycles. The van der Waals surface area contributed by atoms with Gasteiger partial charge in [-0.1, -0.05) is 0 Å². The highest BCUT2D eigenvalue weighted by atomic mass is 32.2. The maximum atomic E-state index is 11.5. The third-order valence-electron chi connectivity index (χ3n) is 2.53. The fourth-order valence-electron chi connectivity index (χ4n) is 1.61. The van der Waals surface area contributed by atoms with E-state index in [0.29, 0.717) is 12.7 Å². The van der Waals surface area contributed by atoms with Crippen LogP contribution < -0.4 is 5.32 Å². The first-order valence-electron chi connectivity index (χ1n) is 5.81. The van der Waals surface area contributed by atoms with E-state index in [1.807, 2.05) is 6.92 Å². The van der Waals surface area contributed by atoms with Crippen molar-refractivity contribution in [3.8, 4) is 0 Å². The normalized spacial score (nSPS) is 22.0. The predicted molar refractivity (Wildman–Crippen MR) is 65.8 cm³/mol. The number of ether oxygens (including phenoxy) is 2. The minimum atomic E-state index is -0.202. The summed E-state index contributed by atoms with van der Waals surface area (Å²) in [5, 5.41) is 2.98. The Hall–Kier alpha value is -0.260. The number of hydrogen-bond donors (Lipinski definition) is 1.